The molecule has 0 fully saturated rings. The first-order chi connectivity index (χ1) is 9.38. The van der Waals surface area contributed by atoms with E-state index in [1.165, 1.54) is 22.3 Å². The molecule has 2 aromatic rings. The summed E-state index contributed by atoms with van der Waals surface area (Å²) in [6, 6.07) is 17.6. The van der Waals surface area contributed by atoms with Gasteiger partial charge in [-0.15, -0.1) is 0 Å². The van der Waals surface area contributed by atoms with Crippen LogP contribution in [-0.4, -0.2) is 6.54 Å². The topological polar surface area (TPSA) is 21.3 Å². The van der Waals surface area contributed by atoms with E-state index in [1.807, 2.05) is 0 Å². The van der Waals surface area contributed by atoms with Gasteiger partial charge in [-0.3, -0.25) is 0 Å². The fraction of sp³-hybridized carbons (Fsp3) is 0.294. The Balaban J connectivity index is 1.96. The normalized spacial score (nSPS) is 15.2. The number of fused-ring (bicyclic) bond motifs is 1. The lowest BCUT2D eigenvalue weighted by Crippen LogP contribution is -2.22. The van der Waals surface area contributed by atoms with Gasteiger partial charge in [0.1, 0.15) is 0 Å². The maximum absolute atomic E-state index is 5.49. The fourth-order valence-corrected chi connectivity index (χ4v) is 2.65. The Morgan fingerprint density at radius 1 is 1.00 bits per heavy atom. The summed E-state index contributed by atoms with van der Waals surface area (Å²) >= 11 is 0. The zero-order chi connectivity index (χ0) is 13.1. The summed E-state index contributed by atoms with van der Waals surface area (Å²) in [6.07, 6.45) is 0. The predicted molar refractivity (Wildman–Crippen MR) is 76.9 cm³/mol. The smallest absolute Gasteiger partial charge is 0.0725 e. The molecule has 0 radical (unpaired) electrons. The summed E-state index contributed by atoms with van der Waals surface area (Å²) < 4.78 is 5.49. The molecule has 1 N–H and O–H groups in total. The van der Waals surface area contributed by atoms with Crippen LogP contribution in [0, 0.1) is 0 Å². The fourth-order valence-electron chi connectivity index (χ4n) is 2.65. The zero-order valence-electron chi connectivity index (χ0n) is 11.2. The van der Waals surface area contributed by atoms with Gasteiger partial charge >= 0.3 is 0 Å². The molecule has 0 bridgehead atoms. The summed E-state index contributed by atoms with van der Waals surface area (Å²) in [6.45, 7) is 4.60. The largest absolute Gasteiger partial charge is 0.372 e. The number of ether oxygens (including phenoxy) is 1. The Hall–Kier alpha value is -1.64. The second-order valence-corrected chi connectivity index (χ2v) is 4.92. The molecular formula is C17H19NO. The zero-order valence-corrected chi connectivity index (χ0v) is 11.2. The molecule has 2 aromatic carbocycles. The second-order valence-electron chi connectivity index (χ2n) is 4.92. The quantitative estimate of drug-likeness (QED) is 0.901. The van der Waals surface area contributed by atoms with E-state index in [0.29, 0.717) is 0 Å². The van der Waals surface area contributed by atoms with Crippen molar-refractivity contribution in [3.05, 3.63) is 70.8 Å². The van der Waals surface area contributed by atoms with Crippen molar-refractivity contribution in [1.82, 2.24) is 5.32 Å². The lowest BCUT2D eigenvalue weighted by molar-refractivity contribution is 0.134. The minimum Gasteiger partial charge on any atom is -0.372 e. The third-order valence-corrected chi connectivity index (χ3v) is 3.62. The minimum atomic E-state index is 0.261. The lowest BCUT2D eigenvalue weighted by Gasteiger charge is -2.19. The third kappa shape index (κ3) is 2.55. The number of rotatable bonds is 4. The average molecular weight is 253 g/mol. The van der Waals surface area contributed by atoms with Crippen LogP contribution in [0.25, 0.3) is 0 Å². The van der Waals surface area contributed by atoms with E-state index in [1.54, 1.807) is 0 Å². The molecule has 2 nitrogen and oxygen atoms in total. The summed E-state index contributed by atoms with van der Waals surface area (Å²) in [5, 5.41) is 3.57. The highest BCUT2D eigenvalue weighted by atomic mass is 16.5. The van der Waals surface area contributed by atoms with Crippen molar-refractivity contribution < 1.29 is 4.74 Å². The Labute approximate surface area is 114 Å². The van der Waals surface area contributed by atoms with E-state index >= 15 is 0 Å². The highest BCUT2D eigenvalue weighted by Crippen LogP contribution is 2.27. The van der Waals surface area contributed by atoms with Gasteiger partial charge in [0.2, 0.25) is 0 Å². The van der Waals surface area contributed by atoms with Gasteiger partial charge in [0, 0.05) is 0 Å². The van der Waals surface area contributed by atoms with Crippen LogP contribution >= 0.6 is 0 Å². The lowest BCUT2D eigenvalue weighted by atomic mass is 9.95. The molecule has 1 aliphatic rings. The first-order valence-electron chi connectivity index (χ1n) is 6.86. The van der Waals surface area contributed by atoms with Gasteiger partial charge in [0.25, 0.3) is 0 Å². The van der Waals surface area contributed by atoms with Crippen molar-refractivity contribution in [2.45, 2.75) is 26.2 Å². The van der Waals surface area contributed by atoms with Crippen molar-refractivity contribution >= 4 is 0 Å². The first kappa shape index (κ1) is 12.4. The summed E-state index contributed by atoms with van der Waals surface area (Å²) in [5.74, 6) is 0. The molecule has 1 aliphatic heterocycles. The molecule has 1 heterocycles. The van der Waals surface area contributed by atoms with Gasteiger partial charge < -0.3 is 10.1 Å². The Kier molecular flexibility index (Phi) is 3.62. The number of hydrogen-bond donors (Lipinski definition) is 1. The first-order valence-corrected chi connectivity index (χ1v) is 6.86. The van der Waals surface area contributed by atoms with Gasteiger partial charge in [-0.1, -0.05) is 55.5 Å². The molecule has 0 aliphatic carbocycles. The summed E-state index contributed by atoms with van der Waals surface area (Å²) in [5.41, 5.74) is 5.28. The molecule has 98 valence electrons. The van der Waals surface area contributed by atoms with Gasteiger partial charge in [0.15, 0.2) is 0 Å². The number of benzene rings is 2. The van der Waals surface area contributed by atoms with Crippen LogP contribution in [0.3, 0.4) is 0 Å². The standard InChI is InChI=1S/C17H19NO/c1-2-18-17(13-6-4-3-5-7-13)14-8-9-15-11-19-12-16(15)10-14/h3-10,17-18H,2,11-12H2,1H3. The van der Waals surface area contributed by atoms with Crippen LogP contribution in [0.2, 0.25) is 0 Å². The van der Waals surface area contributed by atoms with Crippen LogP contribution in [0.1, 0.15) is 35.2 Å². The van der Waals surface area contributed by atoms with Crippen LogP contribution in [0.4, 0.5) is 0 Å². The molecule has 0 saturated carbocycles. The minimum absolute atomic E-state index is 0.261. The third-order valence-electron chi connectivity index (χ3n) is 3.62. The van der Waals surface area contributed by atoms with E-state index in [4.69, 9.17) is 4.74 Å². The van der Waals surface area contributed by atoms with Gasteiger partial charge in [-0.25, -0.2) is 0 Å². The van der Waals surface area contributed by atoms with Crippen LogP contribution in [0.5, 0.6) is 0 Å². The van der Waals surface area contributed by atoms with Gasteiger partial charge in [-0.05, 0) is 28.8 Å². The second kappa shape index (κ2) is 5.55. The SMILES string of the molecule is CCNC(c1ccccc1)c1ccc2c(c1)COC2. The van der Waals surface area contributed by atoms with Crippen molar-refractivity contribution in [3.8, 4) is 0 Å². The van der Waals surface area contributed by atoms with Gasteiger partial charge in [0.05, 0.1) is 19.3 Å². The molecule has 1 unspecified atom stereocenters. The van der Waals surface area contributed by atoms with Crippen LogP contribution in [-0.2, 0) is 18.0 Å². The molecule has 0 saturated heterocycles. The molecule has 0 spiro atoms. The molecule has 2 heteroatoms. The summed E-state index contributed by atoms with van der Waals surface area (Å²) in [4.78, 5) is 0. The van der Waals surface area contributed by atoms with Crippen LogP contribution in [0.15, 0.2) is 48.5 Å². The van der Waals surface area contributed by atoms with Crippen molar-refractivity contribution in [1.29, 1.82) is 0 Å². The molecule has 3 rings (SSSR count). The Morgan fingerprint density at radius 3 is 2.58 bits per heavy atom. The molecule has 0 amide bonds. The molecule has 1 atom stereocenters. The monoisotopic (exact) mass is 253 g/mol. The number of nitrogens with one attached hydrogen (secondary N) is 1. The van der Waals surface area contributed by atoms with E-state index in [0.717, 1.165) is 19.8 Å². The summed E-state index contributed by atoms with van der Waals surface area (Å²) in [7, 11) is 0. The van der Waals surface area contributed by atoms with Crippen molar-refractivity contribution in [3.63, 3.8) is 0 Å². The maximum atomic E-state index is 5.49. The molecule has 0 aromatic heterocycles. The maximum Gasteiger partial charge on any atom is 0.0725 e. The van der Waals surface area contributed by atoms with Gasteiger partial charge in [-0.2, -0.15) is 0 Å². The van der Waals surface area contributed by atoms with Crippen LogP contribution < -0.4 is 5.32 Å². The van der Waals surface area contributed by atoms with E-state index in [2.05, 4.69) is 60.8 Å². The number of hydrogen-bond acceptors (Lipinski definition) is 2. The molecular weight excluding hydrogens is 234 g/mol. The molecule has 19 heavy (non-hydrogen) atoms. The van der Waals surface area contributed by atoms with Crippen molar-refractivity contribution in [2.24, 2.45) is 0 Å². The predicted octanol–water partition coefficient (Wildman–Crippen LogP) is 3.42. The van der Waals surface area contributed by atoms with E-state index in [-0.39, 0.29) is 6.04 Å². The Bertz CT molecular complexity index is 550. The highest BCUT2D eigenvalue weighted by Gasteiger charge is 2.17. The Morgan fingerprint density at radius 2 is 1.79 bits per heavy atom. The highest BCUT2D eigenvalue weighted by molar-refractivity contribution is 5.38. The van der Waals surface area contributed by atoms with E-state index < -0.39 is 0 Å². The van der Waals surface area contributed by atoms with E-state index in [9.17, 15) is 0 Å². The van der Waals surface area contributed by atoms with Crippen molar-refractivity contribution in [2.75, 3.05) is 6.54 Å². The average Bonchev–Trinajstić information content (AvgIpc) is 2.93.